The number of esters is 1. The van der Waals surface area contributed by atoms with Crippen molar-refractivity contribution in [2.24, 2.45) is 5.92 Å². The number of hydrogen-bond donors (Lipinski definition) is 1. The first-order chi connectivity index (χ1) is 14.2. The Morgan fingerprint density at radius 2 is 1.33 bits per heavy atom. The van der Waals surface area contributed by atoms with Gasteiger partial charge in [-0.25, -0.2) is 4.79 Å². The molecule has 1 amide bonds. The highest BCUT2D eigenvalue weighted by molar-refractivity contribution is 5.86. The van der Waals surface area contributed by atoms with Gasteiger partial charge < -0.3 is 10.1 Å². The van der Waals surface area contributed by atoms with Crippen molar-refractivity contribution in [3.8, 4) is 0 Å². The Labute approximate surface area is 172 Å². The zero-order valence-corrected chi connectivity index (χ0v) is 16.4. The van der Waals surface area contributed by atoms with E-state index >= 15 is 0 Å². The third-order valence-electron chi connectivity index (χ3n) is 4.53. The van der Waals surface area contributed by atoms with Crippen molar-refractivity contribution in [1.29, 1.82) is 0 Å². The van der Waals surface area contributed by atoms with E-state index in [1.165, 1.54) is 43.5 Å². The molecule has 0 radical (unpaired) electrons. The van der Waals surface area contributed by atoms with Crippen molar-refractivity contribution in [3.63, 3.8) is 0 Å². The predicted molar refractivity (Wildman–Crippen MR) is 107 cm³/mol. The molecule has 0 saturated carbocycles. The number of carbonyl (C=O) groups is 2. The Bertz CT molecular complexity index is 926. The van der Waals surface area contributed by atoms with Crippen molar-refractivity contribution < 1.29 is 24.2 Å². The molecule has 1 N–H and O–H groups in total. The minimum atomic E-state index is -0.955. The number of nitrogens with zero attached hydrogens (tertiary/aromatic N) is 2. The Morgan fingerprint density at radius 1 is 0.900 bits per heavy atom. The molecule has 0 aromatic heterocycles. The van der Waals surface area contributed by atoms with Crippen molar-refractivity contribution >= 4 is 23.3 Å². The van der Waals surface area contributed by atoms with Crippen molar-refractivity contribution in [1.82, 2.24) is 5.32 Å². The van der Waals surface area contributed by atoms with Crippen LogP contribution < -0.4 is 5.32 Å². The second-order valence-electron chi connectivity index (χ2n) is 6.74. The summed E-state index contributed by atoms with van der Waals surface area (Å²) in [7, 11) is 1.21. The van der Waals surface area contributed by atoms with Crippen LogP contribution in [0.15, 0.2) is 48.5 Å². The third-order valence-corrected chi connectivity index (χ3v) is 4.53. The summed E-state index contributed by atoms with van der Waals surface area (Å²) in [5.41, 5.74) is 1.26. The molecular weight excluding hydrogens is 394 g/mol. The van der Waals surface area contributed by atoms with E-state index in [0.717, 1.165) is 5.56 Å². The number of nitrogens with one attached hydrogen (secondary N) is 1. The van der Waals surface area contributed by atoms with E-state index in [9.17, 15) is 29.8 Å². The smallest absolute Gasteiger partial charge is 0.328 e. The fourth-order valence-electron chi connectivity index (χ4n) is 2.84. The summed E-state index contributed by atoms with van der Waals surface area (Å²) >= 11 is 0. The fourth-order valence-corrected chi connectivity index (χ4v) is 2.84. The molecule has 0 aliphatic rings. The first kappa shape index (κ1) is 22.5. The molecule has 10 nitrogen and oxygen atoms in total. The maximum atomic E-state index is 12.6. The van der Waals surface area contributed by atoms with Crippen molar-refractivity contribution in [2.75, 3.05) is 7.11 Å². The lowest BCUT2D eigenvalue weighted by atomic mass is 9.99. The van der Waals surface area contributed by atoms with Gasteiger partial charge in [-0.15, -0.1) is 0 Å². The van der Waals surface area contributed by atoms with Gasteiger partial charge in [0.25, 0.3) is 11.4 Å². The molecule has 0 bridgehead atoms. The van der Waals surface area contributed by atoms with E-state index in [1.54, 1.807) is 19.1 Å². The molecule has 2 aromatic carbocycles. The number of nitro benzene ring substituents is 2. The van der Waals surface area contributed by atoms with Crippen LogP contribution in [0.3, 0.4) is 0 Å². The summed E-state index contributed by atoms with van der Waals surface area (Å²) in [4.78, 5) is 45.1. The van der Waals surface area contributed by atoms with Gasteiger partial charge in [-0.05, 0) is 17.5 Å². The molecule has 2 unspecified atom stereocenters. The van der Waals surface area contributed by atoms with Crippen LogP contribution >= 0.6 is 0 Å². The van der Waals surface area contributed by atoms with Crippen LogP contribution in [-0.2, 0) is 27.2 Å². The molecule has 0 aliphatic heterocycles. The molecule has 0 heterocycles. The number of methoxy groups -OCH3 is 1. The molecule has 10 heteroatoms. The highest BCUT2D eigenvalue weighted by atomic mass is 16.6. The SMILES string of the molecule is COC(=O)C(Cc1ccc([N+](=O)[O-])cc1)NC(=O)C(C)Cc1ccc([N+](=O)[O-])cc1. The quantitative estimate of drug-likeness (QED) is 0.377. The maximum absolute atomic E-state index is 12.6. The summed E-state index contributed by atoms with van der Waals surface area (Å²) in [5.74, 6) is -1.52. The van der Waals surface area contributed by atoms with E-state index in [1.807, 2.05) is 0 Å². The number of hydrogen-bond acceptors (Lipinski definition) is 7. The van der Waals surface area contributed by atoms with E-state index in [4.69, 9.17) is 4.74 Å². The number of ether oxygens (including phenoxy) is 1. The van der Waals surface area contributed by atoms with E-state index in [-0.39, 0.29) is 23.7 Å². The second-order valence-corrected chi connectivity index (χ2v) is 6.74. The van der Waals surface area contributed by atoms with Crippen LogP contribution in [0.4, 0.5) is 11.4 Å². The molecule has 0 aliphatic carbocycles. The predicted octanol–water partition coefficient (Wildman–Crippen LogP) is 2.58. The van der Waals surface area contributed by atoms with Crippen LogP contribution in [0.5, 0.6) is 0 Å². The monoisotopic (exact) mass is 415 g/mol. The standard InChI is InChI=1S/C20H21N3O7/c1-13(11-14-3-7-16(8-4-14)22(26)27)19(24)21-18(20(25)30-2)12-15-5-9-17(10-6-15)23(28)29/h3-10,13,18H,11-12H2,1-2H3,(H,21,24). The van der Waals surface area contributed by atoms with E-state index < -0.39 is 27.8 Å². The van der Waals surface area contributed by atoms with Crippen LogP contribution in [0.25, 0.3) is 0 Å². The highest BCUT2D eigenvalue weighted by Gasteiger charge is 2.25. The maximum Gasteiger partial charge on any atom is 0.328 e. The molecule has 2 atom stereocenters. The average molecular weight is 415 g/mol. The fraction of sp³-hybridized carbons (Fsp3) is 0.300. The number of rotatable bonds is 9. The van der Waals surface area contributed by atoms with E-state index in [2.05, 4.69) is 5.32 Å². The summed E-state index contributed by atoms with van der Waals surface area (Å²) in [5, 5.41) is 24.1. The molecule has 158 valence electrons. The van der Waals surface area contributed by atoms with Gasteiger partial charge in [0.05, 0.1) is 17.0 Å². The lowest BCUT2D eigenvalue weighted by molar-refractivity contribution is -0.385. The van der Waals surface area contributed by atoms with Gasteiger partial charge in [0.1, 0.15) is 6.04 Å². The van der Waals surface area contributed by atoms with Gasteiger partial charge >= 0.3 is 5.97 Å². The number of carbonyl (C=O) groups excluding carboxylic acids is 2. The molecule has 0 saturated heterocycles. The van der Waals surface area contributed by atoms with Gasteiger partial charge in [-0.3, -0.25) is 25.0 Å². The lowest BCUT2D eigenvalue weighted by Crippen LogP contribution is -2.45. The highest BCUT2D eigenvalue weighted by Crippen LogP contribution is 2.16. The lowest BCUT2D eigenvalue weighted by Gasteiger charge is -2.19. The number of nitro groups is 2. The minimum Gasteiger partial charge on any atom is -0.467 e. The Morgan fingerprint density at radius 3 is 1.73 bits per heavy atom. The second kappa shape index (κ2) is 10.1. The summed E-state index contributed by atoms with van der Waals surface area (Å²) in [6.45, 7) is 1.68. The van der Waals surface area contributed by atoms with Crippen LogP contribution in [0.1, 0.15) is 18.1 Å². The van der Waals surface area contributed by atoms with Crippen molar-refractivity contribution in [3.05, 3.63) is 79.9 Å². The zero-order valence-electron chi connectivity index (χ0n) is 16.4. The Hall–Kier alpha value is -3.82. The van der Waals surface area contributed by atoms with Gasteiger partial charge in [0.2, 0.25) is 5.91 Å². The van der Waals surface area contributed by atoms with Gasteiger partial charge in [-0.2, -0.15) is 0 Å². The first-order valence-electron chi connectivity index (χ1n) is 9.06. The largest absolute Gasteiger partial charge is 0.467 e. The topological polar surface area (TPSA) is 142 Å². The minimum absolute atomic E-state index is 0.0373. The molecular formula is C20H21N3O7. The van der Waals surface area contributed by atoms with Gasteiger partial charge in [0.15, 0.2) is 0 Å². The average Bonchev–Trinajstić information content (AvgIpc) is 2.73. The summed E-state index contributed by atoms with van der Waals surface area (Å²) in [6.07, 6.45) is 0.440. The van der Waals surface area contributed by atoms with Gasteiger partial charge in [-0.1, -0.05) is 31.2 Å². The van der Waals surface area contributed by atoms with Crippen molar-refractivity contribution in [2.45, 2.75) is 25.8 Å². The molecule has 0 fully saturated rings. The Kier molecular flexibility index (Phi) is 7.56. The number of amides is 1. The molecule has 2 aromatic rings. The number of benzene rings is 2. The molecule has 2 rings (SSSR count). The van der Waals surface area contributed by atoms with Crippen LogP contribution in [0, 0.1) is 26.1 Å². The summed E-state index contributed by atoms with van der Waals surface area (Å²) in [6, 6.07) is 10.6. The van der Waals surface area contributed by atoms with Crippen LogP contribution in [-0.4, -0.2) is 34.9 Å². The summed E-state index contributed by atoms with van der Waals surface area (Å²) < 4.78 is 4.76. The normalized spacial score (nSPS) is 12.5. The molecule has 0 spiro atoms. The van der Waals surface area contributed by atoms with E-state index in [0.29, 0.717) is 12.0 Å². The van der Waals surface area contributed by atoms with Crippen LogP contribution in [0.2, 0.25) is 0 Å². The zero-order chi connectivity index (χ0) is 22.3. The Balaban J connectivity index is 2.03. The third kappa shape index (κ3) is 6.09. The number of non-ortho nitro benzene ring substituents is 2. The molecule has 30 heavy (non-hydrogen) atoms. The van der Waals surface area contributed by atoms with Gasteiger partial charge in [0, 0.05) is 36.6 Å². The first-order valence-corrected chi connectivity index (χ1v) is 9.06.